The van der Waals surface area contributed by atoms with E-state index in [-0.39, 0.29) is 22.7 Å². The van der Waals surface area contributed by atoms with Crippen molar-refractivity contribution in [1.29, 1.82) is 0 Å². The van der Waals surface area contributed by atoms with Gasteiger partial charge >= 0.3 is 5.51 Å². The van der Waals surface area contributed by atoms with E-state index in [1.807, 2.05) is 13.8 Å². The zero-order valence-corrected chi connectivity index (χ0v) is 12.0. The van der Waals surface area contributed by atoms with Gasteiger partial charge in [0.25, 0.3) is 0 Å². The third-order valence-electron chi connectivity index (χ3n) is 2.72. The van der Waals surface area contributed by atoms with E-state index in [9.17, 15) is 13.2 Å². The van der Waals surface area contributed by atoms with Crippen molar-refractivity contribution in [2.75, 3.05) is 18.5 Å². The molecule has 1 aromatic rings. The average Bonchev–Trinajstić information content (AvgIpc) is 2.32. The lowest BCUT2D eigenvalue weighted by molar-refractivity contribution is -0.247. The number of hydrogen-bond donors (Lipinski definition) is 1. The number of ether oxygens (including phenoxy) is 2. The summed E-state index contributed by atoms with van der Waals surface area (Å²) in [5.41, 5.74) is -3.51. The van der Waals surface area contributed by atoms with Gasteiger partial charge < -0.3 is 14.8 Å². The van der Waals surface area contributed by atoms with E-state index in [1.54, 1.807) is 12.1 Å². The van der Waals surface area contributed by atoms with Crippen molar-refractivity contribution in [2.24, 2.45) is 0 Å². The van der Waals surface area contributed by atoms with Crippen LogP contribution in [0.1, 0.15) is 13.8 Å². The van der Waals surface area contributed by atoms with Crippen molar-refractivity contribution in [3.05, 3.63) is 24.3 Å². The summed E-state index contributed by atoms with van der Waals surface area (Å²) >= 11 is -0.122. The summed E-state index contributed by atoms with van der Waals surface area (Å²) in [7, 11) is 0. The van der Waals surface area contributed by atoms with Crippen LogP contribution in [-0.2, 0) is 9.47 Å². The summed E-state index contributed by atoms with van der Waals surface area (Å²) in [6.07, 6.45) is 0. The molecular formula is C13H16F3NO2S. The third-order valence-corrected chi connectivity index (χ3v) is 3.46. The first-order valence-corrected chi connectivity index (χ1v) is 6.95. The molecule has 1 heterocycles. The standard InChI is InChI=1S/C13H16F3NO2S/c1-12(2)18-7-10(8-19-12)17-9-3-5-11(6-4-9)20-13(14,15)16/h3-6,10,17H,7-8H2,1-2H3. The second-order valence-electron chi connectivity index (χ2n) is 4.94. The van der Waals surface area contributed by atoms with Gasteiger partial charge in [0.05, 0.1) is 19.3 Å². The molecule has 0 aliphatic carbocycles. The summed E-state index contributed by atoms with van der Waals surface area (Å²) in [5.74, 6) is -0.578. The van der Waals surface area contributed by atoms with Gasteiger partial charge in [0.2, 0.25) is 0 Å². The SMILES string of the molecule is CC1(C)OCC(Nc2ccc(SC(F)(F)F)cc2)CO1. The second-order valence-corrected chi connectivity index (χ2v) is 6.07. The molecule has 20 heavy (non-hydrogen) atoms. The highest BCUT2D eigenvalue weighted by molar-refractivity contribution is 8.00. The summed E-state index contributed by atoms with van der Waals surface area (Å²) in [4.78, 5) is 0.167. The van der Waals surface area contributed by atoms with Crippen molar-refractivity contribution >= 4 is 17.4 Å². The van der Waals surface area contributed by atoms with Crippen LogP contribution >= 0.6 is 11.8 Å². The molecule has 1 N–H and O–H groups in total. The van der Waals surface area contributed by atoms with Crippen molar-refractivity contribution in [2.45, 2.75) is 36.1 Å². The molecule has 0 amide bonds. The number of anilines is 1. The van der Waals surface area contributed by atoms with Gasteiger partial charge in [-0.2, -0.15) is 13.2 Å². The molecule has 112 valence electrons. The fourth-order valence-electron chi connectivity index (χ4n) is 1.76. The highest BCUT2D eigenvalue weighted by atomic mass is 32.2. The van der Waals surface area contributed by atoms with Crippen molar-refractivity contribution < 1.29 is 22.6 Å². The van der Waals surface area contributed by atoms with E-state index in [0.29, 0.717) is 13.2 Å². The van der Waals surface area contributed by atoms with Gasteiger partial charge in [-0.05, 0) is 49.9 Å². The molecule has 0 bridgehead atoms. The fraction of sp³-hybridized carbons (Fsp3) is 0.538. The molecule has 1 saturated heterocycles. The van der Waals surface area contributed by atoms with Gasteiger partial charge in [0, 0.05) is 10.6 Å². The topological polar surface area (TPSA) is 30.5 Å². The van der Waals surface area contributed by atoms with Crippen LogP contribution in [0.4, 0.5) is 18.9 Å². The lowest BCUT2D eigenvalue weighted by Gasteiger charge is -2.35. The Bertz CT molecular complexity index is 438. The monoisotopic (exact) mass is 307 g/mol. The smallest absolute Gasteiger partial charge is 0.378 e. The fourth-order valence-corrected chi connectivity index (χ4v) is 2.30. The molecule has 0 aromatic heterocycles. The predicted molar refractivity (Wildman–Crippen MR) is 71.7 cm³/mol. The van der Waals surface area contributed by atoms with Crippen LogP contribution in [0.2, 0.25) is 0 Å². The Morgan fingerprint density at radius 1 is 1.15 bits per heavy atom. The lowest BCUT2D eigenvalue weighted by atomic mass is 10.2. The number of alkyl halides is 3. The van der Waals surface area contributed by atoms with E-state index >= 15 is 0 Å². The number of thioether (sulfide) groups is 1. The van der Waals surface area contributed by atoms with Crippen LogP contribution in [0, 0.1) is 0 Å². The molecule has 7 heteroatoms. The lowest BCUT2D eigenvalue weighted by Crippen LogP contribution is -2.45. The molecule has 1 fully saturated rings. The van der Waals surface area contributed by atoms with Gasteiger partial charge in [-0.15, -0.1) is 0 Å². The van der Waals surface area contributed by atoms with E-state index in [0.717, 1.165) is 5.69 Å². The molecule has 0 atom stereocenters. The van der Waals surface area contributed by atoms with Crippen LogP contribution in [0.5, 0.6) is 0 Å². The largest absolute Gasteiger partial charge is 0.446 e. The van der Waals surface area contributed by atoms with E-state index in [1.165, 1.54) is 12.1 Å². The van der Waals surface area contributed by atoms with Crippen molar-refractivity contribution in [3.63, 3.8) is 0 Å². The highest BCUT2D eigenvalue weighted by Gasteiger charge is 2.29. The molecular weight excluding hydrogens is 291 g/mol. The Labute approximate surface area is 119 Å². The van der Waals surface area contributed by atoms with Crippen molar-refractivity contribution in [3.8, 4) is 0 Å². The van der Waals surface area contributed by atoms with Gasteiger partial charge in [-0.1, -0.05) is 0 Å². The summed E-state index contributed by atoms with van der Waals surface area (Å²) in [6.45, 7) is 4.66. The quantitative estimate of drug-likeness (QED) is 0.859. The highest BCUT2D eigenvalue weighted by Crippen LogP contribution is 2.37. The molecule has 1 aliphatic rings. The average molecular weight is 307 g/mol. The Morgan fingerprint density at radius 2 is 1.70 bits per heavy atom. The zero-order chi connectivity index (χ0) is 14.8. The Kier molecular flexibility index (Phi) is 4.51. The Hall–Kier alpha value is -0.920. The van der Waals surface area contributed by atoms with Crippen LogP contribution in [0.3, 0.4) is 0 Å². The van der Waals surface area contributed by atoms with E-state index in [2.05, 4.69) is 5.32 Å². The molecule has 0 radical (unpaired) electrons. The number of hydrogen-bond acceptors (Lipinski definition) is 4. The van der Waals surface area contributed by atoms with Crippen LogP contribution in [0.25, 0.3) is 0 Å². The Morgan fingerprint density at radius 3 is 2.20 bits per heavy atom. The minimum absolute atomic E-state index is 0.0101. The molecule has 2 rings (SSSR count). The molecule has 1 aliphatic heterocycles. The number of nitrogens with one attached hydrogen (secondary N) is 1. The molecule has 1 aromatic carbocycles. The molecule has 3 nitrogen and oxygen atoms in total. The summed E-state index contributed by atoms with van der Waals surface area (Å²) in [5, 5.41) is 3.17. The zero-order valence-electron chi connectivity index (χ0n) is 11.2. The minimum atomic E-state index is -4.26. The van der Waals surface area contributed by atoms with Gasteiger partial charge in [-0.25, -0.2) is 0 Å². The molecule has 0 spiro atoms. The summed E-state index contributed by atoms with van der Waals surface area (Å²) < 4.78 is 47.6. The minimum Gasteiger partial charge on any atom is -0.378 e. The maximum atomic E-state index is 12.2. The summed E-state index contributed by atoms with van der Waals surface area (Å²) in [6, 6.07) is 6.11. The first-order valence-electron chi connectivity index (χ1n) is 6.14. The van der Waals surface area contributed by atoms with E-state index in [4.69, 9.17) is 9.47 Å². The van der Waals surface area contributed by atoms with Gasteiger partial charge in [0.15, 0.2) is 5.79 Å². The van der Waals surface area contributed by atoms with Gasteiger partial charge in [-0.3, -0.25) is 0 Å². The second kappa shape index (κ2) is 5.83. The maximum Gasteiger partial charge on any atom is 0.446 e. The maximum absolute atomic E-state index is 12.2. The van der Waals surface area contributed by atoms with Gasteiger partial charge in [0.1, 0.15) is 0 Å². The Balaban J connectivity index is 1.88. The third kappa shape index (κ3) is 4.88. The predicted octanol–water partition coefficient (Wildman–Crippen LogP) is 3.86. The van der Waals surface area contributed by atoms with Crippen LogP contribution in [-0.4, -0.2) is 30.6 Å². The van der Waals surface area contributed by atoms with Crippen LogP contribution in [0.15, 0.2) is 29.2 Å². The molecule has 0 saturated carbocycles. The van der Waals surface area contributed by atoms with E-state index < -0.39 is 11.3 Å². The number of benzene rings is 1. The van der Waals surface area contributed by atoms with Crippen molar-refractivity contribution in [1.82, 2.24) is 0 Å². The van der Waals surface area contributed by atoms with Crippen LogP contribution < -0.4 is 5.32 Å². The number of halogens is 3. The number of rotatable bonds is 3. The first-order chi connectivity index (χ1) is 9.23. The first kappa shape index (κ1) is 15.5. The molecule has 0 unspecified atom stereocenters. The normalized spacial score (nSPS) is 19.9.